The van der Waals surface area contributed by atoms with Gasteiger partial charge in [0.2, 0.25) is 0 Å². The molecular formula is C18H19NO. The lowest BCUT2D eigenvalue weighted by atomic mass is 9.81. The maximum absolute atomic E-state index is 9.57. The number of rotatable bonds is 5. The predicted molar refractivity (Wildman–Crippen MR) is 80.8 cm³/mol. The zero-order valence-corrected chi connectivity index (χ0v) is 11.9. The molecule has 2 rings (SSSR count). The van der Waals surface area contributed by atoms with Gasteiger partial charge in [-0.25, -0.2) is 0 Å². The van der Waals surface area contributed by atoms with Crippen molar-refractivity contribution in [3.63, 3.8) is 0 Å². The Labute approximate surface area is 120 Å². The van der Waals surface area contributed by atoms with Crippen molar-refractivity contribution >= 4 is 0 Å². The third-order valence-corrected chi connectivity index (χ3v) is 3.68. The quantitative estimate of drug-likeness (QED) is 0.797. The minimum absolute atomic E-state index is 0.116. The van der Waals surface area contributed by atoms with Crippen LogP contribution in [0, 0.1) is 11.3 Å². The smallest absolute Gasteiger partial charge is 0.118 e. The molecule has 2 aromatic carbocycles. The predicted octanol–water partition coefficient (Wildman–Crippen LogP) is 4.50. The lowest BCUT2D eigenvalue weighted by Crippen LogP contribution is -2.09. The zero-order chi connectivity index (χ0) is 14.4. The molecule has 0 amide bonds. The van der Waals surface area contributed by atoms with Crippen LogP contribution in [0.15, 0.2) is 54.6 Å². The van der Waals surface area contributed by atoms with Gasteiger partial charge in [-0.05, 0) is 29.7 Å². The van der Waals surface area contributed by atoms with Crippen LogP contribution in [0.5, 0.6) is 5.75 Å². The molecular weight excluding hydrogens is 246 g/mol. The van der Waals surface area contributed by atoms with Gasteiger partial charge in [0.25, 0.3) is 0 Å². The van der Waals surface area contributed by atoms with Gasteiger partial charge in [-0.3, -0.25) is 0 Å². The molecule has 0 saturated carbocycles. The molecule has 2 heteroatoms. The van der Waals surface area contributed by atoms with Crippen molar-refractivity contribution in [2.24, 2.45) is 0 Å². The van der Waals surface area contributed by atoms with Crippen LogP contribution in [0.3, 0.4) is 0 Å². The molecule has 0 aromatic heterocycles. The van der Waals surface area contributed by atoms with E-state index in [-0.39, 0.29) is 11.8 Å². The third kappa shape index (κ3) is 3.00. The summed E-state index contributed by atoms with van der Waals surface area (Å²) in [5, 5.41) is 9.57. The summed E-state index contributed by atoms with van der Waals surface area (Å²) < 4.78 is 5.19. The van der Waals surface area contributed by atoms with Gasteiger partial charge in [-0.1, -0.05) is 49.4 Å². The summed E-state index contributed by atoms with van der Waals surface area (Å²) in [7, 11) is 1.66. The Morgan fingerprint density at radius 3 is 2.15 bits per heavy atom. The largest absolute Gasteiger partial charge is 0.497 e. The Morgan fingerprint density at radius 1 is 1.00 bits per heavy atom. The molecule has 20 heavy (non-hydrogen) atoms. The van der Waals surface area contributed by atoms with Crippen LogP contribution in [0.2, 0.25) is 0 Å². The molecule has 0 bridgehead atoms. The SMILES string of the molecule is CC[C@H](c1ccc(OC)cc1)[C@@H](C#N)c1ccccc1. The minimum Gasteiger partial charge on any atom is -0.497 e. The summed E-state index contributed by atoms with van der Waals surface area (Å²) in [6.07, 6.45) is 0.930. The van der Waals surface area contributed by atoms with Gasteiger partial charge < -0.3 is 4.74 Å². The van der Waals surface area contributed by atoms with Crippen LogP contribution >= 0.6 is 0 Å². The number of nitriles is 1. The number of methoxy groups -OCH3 is 1. The van der Waals surface area contributed by atoms with E-state index in [9.17, 15) is 5.26 Å². The standard InChI is InChI=1S/C18H19NO/c1-3-17(15-9-11-16(20-2)12-10-15)18(13-19)14-7-5-4-6-8-14/h4-12,17-18H,3H2,1-2H3/t17-,18+/m1/s1. The van der Waals surface area contributed by atoms with Crippen LogP contribution < -0.4 is 4.74 Å². The van der Waals surface area contributed by atoms with Gasteiger partial charge in [0, 0.05) is 5.92 Å². The Bertz CT molecular complexity index is 569. The van der Waals surface area contributed by atoms with Crippen molar-refractivity contribution in [2.45, 2.75) is 25.2 Å². The lowest BCUT2D eigenvalue weighted by Gasteiger charge is -2.21. The zero-order valence-electron chi connectivity index (χ0n) is 11.9. The van der Waals surface area contributed by atoms with Gasteiger partial charge in [0.15, 0.2) is 0 Å². The summed E-state index contributed by atoms with van der Waals surface area (Å²) >= 11 is 0. The Hall–Kier alpha value is -2.27. The Morgan fingerprint density at radius 2 is 1.65 bits per heavy atom. The fraction of sp³-hybridized carbons (Fsp3) is 0.278. The summed E-state index contributed by atoms with van der Waals surface area (Å²) in [6, 6.07) is 20.5. The lowest BCUT2D eigenvalue weighted by molar-refractivity contribution is 0.414. The molecule has 0 aliphatic rings. The fourth-order valence-corrected chi connectivity index (χ4v) is 2.57. The van der Waals surface area contributed by atoms with Crippen LogP contribution in [0.1, 0.15) is 36.3 Å². The van der Waals surface area contributed by atoms with Gasteiger partial charge in [-0.2, -0.15) is 5.26 Å². The fourth-order valence-electron chi connectivity index (χ4n) is 2.57. The second-order valence-electron chi connectivity index (χ2n) is 4.81. The molecule has 0 saturated heterocycles. The highest BCUT2D eigenvalue weighted by Gasteiger charge is 2.23. The van der Waals surface area contributed by atoms with Gasteiger partial charge >= 0.3 is 0 Å². The van der Waals surface area contributed by atoms with Gasteiger partial charge in [0.05, 0.1) is 19.1 Å². The topological polar surface area (TPSA) is 33.0 Å². The molecule has 2 atom stereocenters. The van der Waals surface area contributed by atoms with Gasteiger partial charge in [0.1, 0.15) is 5.75 Å². The van der Waals surface area contributed by atoms with E-state index in [4.69, 9.17) is 4.74 Å². The minimum atomic E-state index is -0.116. The molecule has 0 radical (unpaired) electrons. The maximum atomic E-state index is 9.57. The summed E-state index contributed by atoms with van der Waals surface area (Å²) in [4.78, 5) is 0. The maximum Gasteiger partial charge on any atom is 0.118 e. The molecule has 2 aromatic rings. The van der Waals surface area contributed by atoms with Crippen LogP contribution in [0.4, 0.5) is 0 Å². The van der Waals surface area contributed by atoms with E-state index in [1.54, 1.807) is 7.11 Å². The summed E-state index contributed by atoms with van der Waals surface area (Å²) in [6.45, 7) is 2.13. The van der Waals surface area contributed by atoms with E-state index in [1.807, 2.05) is 42.5 Å². The van der Waals surface area contributed by atoms with E-state index in [0.717, 1.165) is 17.7 Å². The first kappa shape index (κ1) is 14.1. The Kier molecular flexibility index (Phi) is 4.79. The highest BCUT2D eigenvalue weighted by Crippen LogP contribution is 2.35. The molecule has 0 fully saturated rings. The first-order valence-electron chi connectivity index (χ1n) is 6.88. The van der Waals surface area contributed by atoms with Crippen LogP contribution in [-0.2, 0) is 0 Å². The molecule has 0 spiro atoms. The normalized spacial score (nSPS) is 13.2. The third-order valence-electron chi connectivity index (χ3n) is 3.68. The molecule has 0 heterocycles. The van der Waals surface area contributed by atoms with Crippen LogP contribution in [-0.4, -0.2) is 7.11 Å². The second kappa shape index (κ2) is 6.77. The Balaban J connectivity index is 2.32. The first-order chi connectivity index (χ1) is 9.80. The van der Waals surface area contributed by atoms with E-state index in [0.29, 0.717) is 0 Å². The average molecular weight is 265 g/mol. The summed E-state index contributed by atoms with van der Waals surface area (Å²) in [5.41, 5.74) is 2.27. The molecule has 0 N–H and O–H groups in total. The van der Waals surface area contributed by atoms with Crippen molar-refractivity contribution in [1.29, 1.82) is 5.26 Å². The highest BCUT2D eigenvalue weighted by molar-refractivity contribution is 5.35. The van der Waals surface area contributed by atoms with Crippen LogP contribution in [0.25, 0.3) is 0 Å². The van der Waals surface area contributed by atoms with E-state index < -0.39 is 0 Å². The molecule has 0 unspecified atom stereocenters. The van der Waals surface area contributed by atoms with Crippen molar-refractivity contribution < 1.29 is 4.74 Å². The number of nitrogens with zero attached hydrogens (tertiary/aromatic N) is 1. The number of hydrogen-bond donors (Lipinski definition) is 0. The summed E-state index contributed by atoms with van der Waals surface area (Å²) in [5.74, 6) is 0.930. The number of hydrogen-bond acceptors (Lipinski definition) is 2. The van der Waals surface area contributed by atoms with Crippen molar-refractivity contribution in [2.75, 3.05) is 7.11 Å². The molecule has 0 aliphatic carbocycles. The first-order valence-corrected chi connectivity index (χ1v) is 6.88. The van der Waals surface area contributed by atoms with E-state index >= 15 is 0 Å². The van der Waals surface area contributed by atoms with Crippen molar-refractivity contribution in [3.05, 3.63) is 65.7 Å². The van der Waals surface area contributed by atoms with E-state index in [1.165, 1.54) is 5.56 Å². The average Bonchev–Trinajstić information content (AvgIpc) is 2.53. The molecule has 0 aliphatic heterocycles. The van der Waals surface area contributed by atoms with E-state index in [2.05, 4.69) is 25.1 Å². The molecule has 102 valence electrons. The number of benzene rings is 2. The van der Waals surface area contributed by atoms with Crippen molar-refractivity contribution in [1.82, 2.24) is 0 Å². The molecule has 2 nitrogen and oxygen atoms in total. The second-order valence-corrected chi connectivity index (χ2v) is 4.81. The number of ether oxygens (including phenoxy) is 1. The highest BCUT2D eigenvalue weighted by atomic mass is 16.5. The van der Waals surface area contributed by atoms with Gasteiger partial charge in [-0.15, -0.1) is 0 Å². The monoisotopic (exact) mass is 265 g/mol. The van der Waals surface area contributed by atoms with Crippen molar-refractivity contribution in [3.8, 4) is 11.8 Å².